The molecule has 2 aromatic rings. The number of hydrogen-bond acceptors (Lipinski definition) is 3. The monoisotopic (exact) mass is 422 g/mol. The third-order valence-electron chi connectivity index (χ3n) is 4.56. The zero-order valence-corrected chi connectivity index (χ0v) is 17.0. The van der Waals surface area contributed by atoms with Crippen LogP contribution in [0.25, 0.3) is 0 Å². The van der Waals surface area contributed by atoms with Gasteiger partial charge in [-0.25, -0.2) is 4.39 Å². The number of halogens is 2. The number of nitrogens with one attached hydrogen (secondary N) is 1. The molecule has 4 nitrogen and oxygen atoms in total. The SMILES string of the molecule is COc1ccc(C(C)NCC(=O)N(C)C(C)c2ccc(F)cc2)cc1Br. The van der Waals surface area contributed by atoms with Gasteiger partial charge in [-0.05, 0) is 65.2 Å². The molecule has 0 saturated heterocycles. The summed E-state index contributed by atoms with van der Waals surface area (Å²) in [4.78, 5) is 14.2. The molecular weight excluding hydrogens is 399 g/mol. The minimum Gasteiger partial charge on any atom is -0.496 e. The van der Waals surface area contributed by atoms with E-state index in [1.807, 2.05) is 32.0 Å². The van der Waals surface area contributed by atoms with E-state index >= 15 is 0 Å². The predicted molar refractivity (Wildman–Crippen MR) is 105 cm³/mol. The Morgan fingerprint density at radius 1 is 1.19 bits per heavy atom. The Morgan fingerprint density at radius 3 is 2.38 bits per heavy atom. The number of amides is 1. The second-order valence-corrected chi connectivity index (χ2v) is 7.08. The summed E-state index contributed by atoms with van der Waals surface area (Å²) < 4.78 is 19.2. The summed E-state index contributed by atoms with van der Waals surface area (Å²) in [6, 6.07) is 11.9. The van der Waals surface area contributed by atoms with Crippen LogP contribution in [0, 0.1) is 5.82 Å². The first kappa shape index (κ1) is 20.4. The molecule has 0 saturated carbocycles. The highest BCUT2D eigenvalue weighted by Gasteiger charge is 2.18. The number of rotatable bonds is 7. The normalized spacial score (nSPS) is 13.2. The molecule has 6 heteroatoms. The molecule has 0 spiro atoms. The van der Waals surface area contributed by atoms with Gasteiger partial charge in [0.1, 0.15) is 11.6 Å². The first-order valence-electron chi connectivity index (χ1n) is 8.41. The number of hydrogen-bond donors (Lipinski definition) is 1. The molecule has 0 heterocycles. The molecule has 0 aliphatic carbocycles. The van der Waals surface area contributed by atoms with Crippen molar-refractivity contribution in [2.24, 2.45) is 0 Å². The molecule has 0 aromatic heterocycles. The number of nitrogens with zero attached hydrogens (tertiary/aromatic N) is 1. The Balaban J connectivity index is 1.94. The highest BCUT2D eigenvalue weighted by atomic mass is 79.9. The quantitative estimate of drug-likeness (QED) is 0.715. The summed E-state index contributed by atoms with van der Waals surface area (Å²) in [5.41, 5.74) is 1.95. The average molecular weight is 423 g/mol. The Bertz CT molecular complexity index is 752. The summed E-state index contributed by atoms with van der Waals surface area (Å²) in [7, 11) is 3.38. The van der Waals surface area contributed by atoms with Gasteiger partial charge >= 0.3 is 0 Å². The fourth-order valence-electron chi connectivity index (χ4n) is 2.62. The molecule has 0 aliphatic rings. The van der Waals surface area contributed by atoms with Crippen molar-refractivity contribution in [1.82, 2.24) is 10.2 Å². The van der Waals surface area contributed by atoms with E-state index in [1.54, 1.807) is 31.2 Å². The van der Waals surface area contributed by atoms with Gasteiger partial charge in [0.15, 0.2) is 0 Å². The maximum atomic E-state index is 13.1. The van der Waals surface area contributed by atoms with Crippen LogP contribution in [-0.4, -0.2) is 31.5 Å². The lowest BCUT2D eigenvalue weighted by atomic mass is 10.1. The van der Waals surface area contributed by atoms with Gasteiger partial charge in [0.25, 0.3) is 0 Å². The van der Waals surface area contributed by atoms with Crippen molar-refractivity contribution in [3.63, 3.8) is 0 Å². The van der Waals surface area contributed by atoms with Crippen molar-refractivity contribution in [2.75, 3.05) is 20.7 Å². The summed E-state index contributed by atoms with van der Waals surface area (Å²) in [6.45, 7) is 4.15. The Hall–Kier alpha value is -1.92. The van der Waals surface area contributed by atoms with Crippen LogP contribution in [0.5, 0.6) is 5.75 Å². The number of carbonyl (C=O) groups is 1. The van der Waals surface area contributed by atoms with Crippen LogP contribution in [0.1, 0.15) is 37.1 Å². The van der Waals surface area contributed by atoms with Crippen LogP contribution >= 0.6 is 15.9 Å². The van der Waals surface area contributed by atoms with E-state index in [1.165, 1.54) is 12.1 Å². The third kappa shape index (κ3) is 5.05. The maximum absolute atomic E-state index is 13.1. The number of likely N-dealkylation sites (N-methyl/N-ethyl adjacent to an activating group) is 1. The molecule has 0 aliphatic heterocycles. The van der Waals surface area contributed by atoms with Gasteiger partial charge in [0, 0.05) is 13.1 Å². The van der Waals surface area contributed by atoms with Gasteiger partial charge in [0.2, 0.25) is 5.91 Å². The molecule has 2 aromatic carbocycles. The molecule has 2 unspecified atom stereocenters. The van der Waals surface area contributed by atoms with E-state index in [4.69, 9.17) is 4.74 Å². The van der Waals surface area contributed by atoms with E-state index in [9.17, 15) is 9.18 Å². The topological polar surface area (TPSA) is 41.6 Å². The minimum absolute atomic E-state index is 0.00989. The van der Waals surface area contributed by atoms with Crippen molar-refractivity contribution < 1.29 is 13.9 Å². The van der Waals surface area contributed by atoms with E-state index < -0.39 is 0 Å². The largest absolute Gasteiger partial charge is 0.496 e. The fraction of sp³-hybridized carbons (Fsp3) is 0.350. The van der Waals surface area contributed by atoms with Gasteiger partial charge in [-0.3, -0.25) is 4.79 Å². The number of benzene rings is 2. The standard InChI is InChI=1S/C20H24BrFN2O2/c1-13(16-7-10-19(26-4)18(21)11-16)23-12-20(25)24(3)14(2)15-5-8-17(22)9-6-15/h5-11,13-14,23H,12H2,1-4H3. The number of methoxy groups -OCH3 is 1. The van der Waals surface area contributed by atoms with E-state index in [0.717, 1.165) is 21.3 Å². The van der Waals surface area contributed by atoms with Gasteiger partial charge in [0.05, 0.1) is 24.2 Å². The van der Waals surface area contributed by atoms with Crippen LogP contribution in [0.3, 0.4) is 0 Å². The molecule has 0 radical (unpaired) electrons. The van der Waals surface area contributed by atoms with Crippen molar-refractivity contribution >= 4 is 21.8 Å². The van der Waals surface area contributed by atoms with Gasteiger partial charge < -0.3 is 15.0 Å². The molecule has 140 valence electrons. The smallest absolute Gasteiger partial charge is 0.236 e. The van der Waals surface area contributed by atoms with Crippen molar-refractivity contribution in [1.29, 1.82) is 0 Å². The molecule has 0 bridgehead atoms. The Kier molecular flexibility index (Phi) is 7.17. The highest BCUT2D eigenvalue weighted by molar-refractivity contribution is 9.10. The Labute approximate surface area is 162 Å². The first-order chi connectivity index (χ1) is 12.3. The van der Waals surface area contributed by atoms with Gasteiger partial charge in [-0.2, -0.15) is 0 Å². The van der Waals surface area contributed by atoms with Crippen LogP contribution in [-0.2, 0) is 4.79 Å². The van der Waals surface area contributed by atoms with Crippen molar-refractivity contribution in [3.05, 3.63) is 63.9 Å². The zero-order chi connectivity index (χ0) is 19.3. The summed E-state index contributed by atoms with van der Waals surface area (Å²) in [5.74, 6) is 0.460. The van der Waals surface area contributed by atoms with Gasteiger partial charge in [-0.1, -0.05) is 18.2 Å². The van der Waals surface area contributed by atoms with Gasteiger partial charge in [-0.15, -0.1) is 0 Å². The molecule has 0 fully saturated rings. The predicted octanol–water partition coefficient (Wildman–Crippen LogP) is 4.47. The second-order valence-electron chi connectivity index (χ2n) is 6.23. The molecule has 1 N–H and O–H groups in total. The molecule has 26 heavy (non-hydrogen) atoms. The molecule has 2 rings (SSSR count). The van der Waals surface area contributed by atoms with E-state index in [-0.39, 0.29) is 30.4 Å². The fourth-order valence-corrected chi connectivity index (χ4v) is 3.17. The first-order valence-corrected chi connectivity index (χ1v) is 9.20. The van der Waals surface area contributed by atoms with Crippen LogP contribution in [0.2, 0.25) is 0 Å². The summed E-state index contributed by atoms with van der Waals surface area (Å²) >= 11 is 3.47. The summed E-state index contributed by atoms with van der Waals surface area (Å²) in [5, 5.41) is 3.25. The Morgan fingerprint density at radius 2 is 1.81 bits per heavy atom. The third-order valence-corrected chi connectivity index (χ3v) is 5.18. The lowest BCUT2D eigenvalue weighted by molar-refractivity contribution is -0.131. The van der Waals surface area contributed by atoms with Crippen LogP contribution in [0.15, 0.2) is 46.9 Å². The number of ether oxygens (including phenoxy) is 1. The summed E-state index contributed by atoms with van der Waals surface area (Å²) in [6.07, 6.45) is 0. The zero-order valence-electron chi connectivity index (χ0n) is 15.4. The van der Waals surface area contributed by atoms with Crippen LogP contribution < -0.4 is 10.1 Å². The second kappa shape index (κ2) is 9.14. The van der Waals surface area contributed by atoms with Crippen molar-refractivity contribution in [3.8, 4) is 5.75 Å². The molecular formula is C20H24BrFN2O2. The average Bonchev–Trinajstić information content (AvgIpc) is 2.65. The van der Waals surface area contributed by atoms with Crippen LogP contribution in [0.4, 0.5) is 4.39 Å². The van der Waals surface area contributed by atoms with Crippen molar-refractivity contribution in [2.45, 2.75) is 25.9 Å². The van der Waals surface area contributed by atoms with E-state index in [2.05, 4.69) is 21.2 Å². The lowest BCUT2D eigenvalue weighted by Crippen LogP contribution is -2.37. The molecule has 1 amide bonds. The maximum Gasteiger partial charge on any atom is 0.236 e. The highest BCUT2D eigenvalue weighted by Crippen LogP contribution is 2.28. The van der Waals surface area contributed by atoms with E-state index in [0.29, 0.717) is 0 Å². The number of carbonyl (C=O) groups excluding carboxylic acids is 1. The lowest BCUT2D eigenvalue weighted by Gasteiger charge is -2.26. The minimum atomic E-state index is -0.281. The molecule has 2 atom stereocenters.